The highest BCUT2D eigenvalue weighted by Gasteiger charge is 2.49. The first-order valence-electron chi connectivity index (χ1n) is 10.3. The van der Waals surface area contributed by atoms with E-state index >= 15 is 0 Å². The Hall–Kier alpha value is -3.63. The molecular weight excluding hydrogens is 420 g/mol. The summed E-state index contributed by atoms with van der Waals surface area (Å²) in [5, 5.41) is 11.1. The fourth-order valence-corrected chi connectivity index (χ4v) is 4.29. The second kappa shape index (κ2) is 7.21. The number of likely N-dealkylation sites (N-methyl/N-ethyl adjacent to an activating group) is 1. The number of amides is 2. The number of aromatic nitrogens is 5. The summed E-state index contributed by atoms with van der Waals surface area (Å²) >= 11 is 0. The maximum Gasteiger partial charge on any atom is 0.308 e. The molecule has 2 unspecified atom stereocenters. The fourth-order valence-electron chi connectivity index (χ4n) is 4.29. The molecule has 1 aromatic carbocycles. The van der Waals surface area contributed by atoms with Gasteiger partial charge in [-0.25, -0.2) is 14.3 Å². The average molecular weight is 441 g/mol. The summed E-state index contributed by atoms with van der Waals surface area (Å²) < 4.78 is 32.0. The second-order valence-electron chi connectivity index (χ2n) is 8.12. The van der Waals surface area contributed by atoms with Gasteiger partial charge in [0.15, 0.2) is 5.82 Å². The van der Waals surface area contributed by atoms with Crippen molar-refractivity contribution in [2.75, 3.05) is 11.9 Å². The van der Waals surface area contributed by atoms with Gasteiger partial charge in [-0.3, -0.25) is 14.5 Å². The van der Waals surface area contributed by atoms with Crippen LogP contribution in [-0.4, -0.2) is 49.4 Å². The normalized spacial score (nSPS) is 21.8. The van der Waals surface area contributed by atoms with Gasteiger partial charge in [0, 0.05) is 26.1 Å². The number of carbonyl (C=O) groups excluding carboxylic acids is 2. The summed E-state index contributed by atoms with van der Waals surface area (Å²) in [5.74, 6) is -4.59. The van der Waals surface area contributed by atoms with E-state index in [1.54, 1.807) is 48.1 Å². The van der Waals surface area contributed by atoms with Gasteiger partial charge in [0.25, 0.3) is 11.8 Å². The smallest absolute Gasteiger partial charge is 0.308 e. The van der Waals surface area contributed by atoms with E-state index in [2.05, 4.69) is 20.5 Å². The van der Waals surface area contributed by atoms with Crippen LogP contribution in [0, 0.1) is 6.92 Å². The lowest BCUT2D eigenvalue weighted by molar-refractivity contribution is -0.120. The Morgan fingerprint density at radius 3 is 2.72 bits per heavy atom. The van der Waals surface area contributed by atoms with Gasteiger partial charge < -0.3 is 5.32 Å². The maximum atomic E-state index is 14.6. The quantitative estimate of drug-likeness (QED) is 0.671. The van der Waals surface area contributed by atoms with Gasteiger partial charge in [-0.2, -0.15) is 13.9 Å². The fraction of sp³-hybridized carbons (Fsp3) is 0.381. The maximum absolute atomic E-state index is 14.6. The van der Waals surface area contributed by atoms with Crippen LogP contribution >= 0.6 is 0 Å². The molecule has 0 saturated carbocycles. The van der Waals surface area contributed by atoms with Crippen LogP contribution in [0.4, 0.5) is 14.6 Å². The number of halogens is 2. The third-order valence-corrected chi connectivity index (χ3v) is 5.88. The van der Waals surface area contributed by atoms with Crippen LogP contribution in [0.1, 0.15) is 46.6 Å². The van der Waals surface area contributed by atoms with E-state index < -0.39 is 36.2 Å². The zero-order valence-corrected chi connectivity index (χ0v) is 17.5. The molecule has 2 amide bonds. The molecular formula is C21H21F2N7O2. The SMILES string of the molecule is Cc1cc2n(n1)CCC(NC(=O)c1nc3n(n1)C(c1ccccc1)CC3(F)F)C(=O)N2C. The summed E-state index contributed by atoms with van der Waals surface area (Å²) in [5.41, 5.74) is 1.45. The first-order valence-corrected chi connectivity index (χ1v) is 10.3. The third kappa shape index (κ3) is 3.24. The predicted molar refractivity (Wildman–Crippen MR) is 109 cm³/mol. The highest BCUT2D eigenvalue weighted by molar-refractivity contribution is 6.00. The number of fused-ring (bicyclic) bond motifs is 2. The van der Waals surface area contributed by atoms with Gasteiger partial charge in [0.1, 0.15) is 11.9 Å². The first kappa shape index (κ1) is 20.3. The molecule has 32 heavy (non-hydrogen) atoms. The topological polar surface area (TPSA) is 97.9 Å². The molecule has 0 spiro atoms. The van der Waals surface area contributed by atoms with Crippen molar-refractivity contribution in [1.82, 2.24) is 29.9 Å². The van der Waals surface area contributed by atoms with Crippen LogP contribution in [0.15, 0.2) is 36.4 Å². The number of hydrogen-bond donors (Lipinski definition) is 1. The molecule has 3 aromatic rings. The Labute approximate surface area is 182 Å². The molecule has 0 fully saturated rings. The van der Waals surface area contributed by atoms with E-state index in [0.717, 1.165) is 10.4 Å². The molecule has 9 nitrogen and oxygen atoms in total. The molecule has 4 heterocycles. The lowest BCUT2D eigenvalue weighted by atomic mass is 10.0. The van der Waals surface area contributed by atoms with E-state index in [4.69, 9.17) is 0 Å². The second-order valence-corrected chi connectivity index (χ2v) is 8.12. The van der Waals surface area contributed by atoms with Crippen molar-refractivity contribution in [2.24, 2.45) is 0 Å². The van der Waals surface area contributed by atoms with Crippen LogP contribution in [-0.2, 0) is 17.3 Å². The van der Waals surface area contributed by atoms with E-state index in [-0.39, 0.29) is 11.7 Å². The Morgan fingerprint density at radius 2 is 1.97 bits per heavy atom. The van der Waals surface area contributed by atoms with Crippen molar-refractivity contribution in [3.05, 3.63) is 59.3 Å². The van der Waals surface area contributed by atoms with Crippen LogP contribution in [0.5, 0.6) is 0 Å². The zero-order valence-electron chi connectivity index (χ0n) is 17.5. The molecule has 2 atom stereocenters. The van der Waals surface area contributed by atoms with E-state index in [0.29, 0.717) is 24.3 Å². The zero-order chi connectivity index (χ0) is 22.6. The number of rotatable bonds is 3. The summed E-state index contributed by atoms with van der Waals surface area (Å²) in [4.78, 5) is 31.0. The van der Waals surface area contributed by atoms with Crippen LogP contribution in [0.2, 0.25) is 0 Å². The molecule has 5 rings (SSSR count). The molecule has 166 valence electrons. The number of hydrogen-bond acceptors (Lipinski definition) is 5. The summed E-state index contributed by atoms with van der Waals surface area (Å²) in [6.45, 7) is 2.26. The number of alkyl halides is 2. The summed E-state index contributed by atoms with van der Waals surface area (Å²) in [6.07, 6.45) is -0.162. The van der Waals surface area contributed by atoms with Crippen molar-refractivity contribution < 1.29 is 18.4 Å². The molecule has 2 aliphatic heterocycles. The molecule has 1 N–H and O–H groups in total. The van der Waals surface area contributed by atoms with Gasteiger partial charge in [-0.15, -0.1) is 5.10 Å². The number of anilines is 1. The van der Waals surface area contributed by atoms with Gasteiger partial charge in [-0.05, 0) is 18.9 Å². The van der Waals surface area contributed by atoms with Gasteiger partial charge in [-0.1, -0.05) is 30.3 Å². The Morgan fingerprint density at radius 1 is 1.22 bits per heavy atom. The Kier molecular flexibility index (Phi) is 4.57. The minimum absolute atomic E-state index is 0.305. The minimum Gasteiger partial charge on any atom is -0.337 e. The number of nitrogens with zero attached hydrogens (tertiary/aromatic N) is 6. The lowest BCUT2D eigenvalue weighted by Crippen LogP contribution is -2.47. The third-order valence-electron chi connectivity index (χ3n) is 5.88. The van der Waals surface area contributed by atoms with Gasteiger partial charge in [0.2, 0.25) is 5.82 Å². The summed E-state index contributed by atoms with van der Waals surface area (Å²) in [6, 6.07) is 9.01. The standard InChI is InChI=1S/C21H21F2N7O2/c1-12-10-16-28(2)19(32)14(8-9-29(16)26-12)24-18(31)17-25-20-21(22,23)11-15(30(20)27-17)13-6-4-3-5-7-13/h3-7,10,14-15H,8-9,11H2,1-2H3,(H,24,31). The number of benzene rings is 1. The molecule has 0 bridgehead atoms. The van der Waals surface area contributed by atoms with Crippen molar-refractivity contribution in [3.63, 3.8) is 0 Å². The number of aryl methyl sites for hydroxylation is 2. The molecule has 2 aromatic heterocycles. The molecule has 11 heteroatoms. The van der Waals surface area contributed by atoms with Crippen molar-refractivity contribution in [3.8, 4) is 0 Å². The summed E-state index contributed by atoms with van der Waals surface area (Å²) in [7, 11) is 1.61. The van der Waals surface area contributed by atoms with E-state index in [9.17, 15) is 18.4 Å². The molecule has 0 radical (unpaired) electrons. The Balaban J connectivity index is 1.38. The van der Waals surface area contributed by atoms with Crippen molar-refractivity contribution in [1.29, 1.82) is 0 Å². The van der Waals surface area contributed by atoms with Crippen molar-refractivity contribution >= 4 is 17.6 Å². The van der Waals surface area contributed by atoms with Gasteiger partial charge in [0.05, 0.1) is 11.7 Å². The molecule has 0 saturated heterocycles. The molecule has 2 aliphatic rings. The predicted octanol–water partition coefficient (Wildman–Crippen LogP) is 2.03. The van der Waals surface area contributed by atoms with Crippen molar-refractivity contribution in [2.45, 2.75) is 44.3 Å². The average Bonchev–Trinajstić information content (AvgIpc) is 3.42. The van der Waals surface area contributed by atoms with E-state index in [1.807, 2.05) is 6.92 Å². The van der Waals surface area contributed by atoms with Crippen LogP contribution in [0.3, 0.4) is 0 Å². The van der Waals surface area contributed by atoms with Gasteiger partial charge >= 0.3 is 5.92 Å². The van der Waals surface area contributed by atoms with Crippen LogP contribution in [0.25, 0.3) is 0 Å². The highest BCUT2D eigenvalue weighted by atomic mass is 19.3. The van der Waals surface area contributed by atoms with E-state index in [1.165, 1.54) is 4.90 Å². The Bertz CT molecular complexity index is 1200. The monoisotopic (exact) mass is 441 g/mol. The highest BCUT2D eigenvalue weighted by Crippen LogP contribution is 2.45. The largest absolute Gasteiger partial charge is 0.337 e. The van der Waals surface area contributed by atoms with Crippen LogP contribution < -0.4 is 10.2 Å². The first-order chi connectivity index (χ1) is 15.2. The molecule has 0 aliphatic carbocycles. The number of carbonyl (C=O) groups is 2. The number of nitrogens with one attached hydrogen (secondary N) is 1. The minimum atomic E-state index is -3.21. The lowest BCUT2D eigenvalue weighted by Gasteiger charge is -2.20.